The molecule has 0 unspecified atom stereocenters. The number of carbonyl (C=O) groups is 1. The van der Waals surface area contributed by atoms with Crippen molar-refractivity contribution in [3.8, 4) is 0 Å². The monoisotopic (exact) mass is 276 g/mol. The number of hydrogen-bond donors (Lipinski definition) is 0. The van der Waals surface area contributed by atoms with Crippen molar-refractivity contribution in [1.82, 2.24) is 0 Å². The van der Waals surface area contributed by atoms with E-state index >= 15 is 0 Å². The SMILES string of the molecule is CC(=O)C=Cc1c(C)c2c(c(C)c1Cl)CC(C)(C)C2. The first-order valence-electron chi connectivity index (χ1n) is 6.72. The first-order valence-corrected chi connectivity index (χ1v) is 7.10. The summed E-state index contributed by atoms with van der Waals surface area (Å²) in [6.07, 6.45) is 5.64. The smallest absolute Gasteiger partial charge is 0.152 e. The van der Waals surface area contributed by atoms with Crippen molar-refractivity contribution >= 4 is 23.5 Å². The van der Waals surface area contributed by atoms with Gasteiger partial charge in [0.05, 0.1) is 5.02 Å². The molecule has 2 heteroatoms. The van der Waals surface area contributed by atoms with Crippen molar-refractivity contribution < 1.29 is 4.79 Å². The summed E-state index contributed by atoms with van der Waals surface area (Å²) in [7, 11) is 0. The highest BCUT2D eigenvalue weighted by Gasteiger charge is 2.32. The Morgan fingerprint density at radius 3 is 2.21 bits per heavy atom. The lowest BCUT2D eigenvalue weighted by molar-refractivity contribution is -0.112. The van der Waals surface area contributed by atoms with Gasteiger partial charge in [0, 0.05) is 0 Å². The van der Waals surface area contributed by atoms with E-state index in [1.165, 1.54) is 22.3 Å². The van der Waals surface area contributed by atoms with E-state index in [0.29, 0.717) is 5.41 Å². The van der Waals surface area contributed by atoms with Gasteiger partial charge in [0.25, 0.3) is 0 Å². The third-order valence-corrected chi connectivity index (χ3v) is 4.52. The molecule has 0 aromatic heterocycles. The highest BCUT2D eigenvalue weighted by molar-refractivity contribution is 6.33. The first-order chi connectivity index (χ1) is 8.73. The number of hydrogen-bond acceptors (Lipinski definition) is 1. The van der Waals surface area contributed by atoms with Gasteiger partial charge in [-0.25, -0.2) is 0 Å². The van der Waals surface area contributed by atoms with Gasteiger partial charge in [-0.15, -0.1) is 0 Å². The van der Waals surface area contributed by atoms with Crippen LogP contribution in [0.3, 0.4) is 0 Å². The standard InChI is InChI=1S/C17H21ClO/c1-10(19)6-7-13-11(2)14-8-17(4,5)9-15(14)12(3)16(13)18/h6-7H,8-9H2,1-5H3. The molecule has 0 bridgehead atoms. The zero-order valence-corrected chi connectivity index (χ0v) is 13.1. The summed E-state index contributed by atoms with van der Waals surface area (Å²) in [6.45, 7) is 10.4. The fourth-order valence-electron chi connectivity index (χ4n) is 3.01. The largest absolute Gasteiger partial charge is 0.295 e. The highest BCUT2D eigenvalue weighted by atomic mass is 35.5. The van der Waals surface area contributed by atoms with E-state index < -0.39 is 0 Å². The van der Waals surface area contributed by atoms with Gasteiger partial charge >= 0.3 is 0 Å². The van der Waals surface area contributed by atoms with Gasteiger partial charge in [-0.1, -0.05) is 25.4 Å². The molecule has 0 atom stereocenters. The summed E-state index contributed by atoms with van der Waals surface area (Å²) in [5, 5.41) is 0.798. The van der Waals surface area contributed by atoms with Gasteiger partial charge in [0.2, 0.25) is 0 Å². The Balaban J connectivity index is 2.61. The van der Waals surface area contributed by atoms with Crippen LogP contribution in [0.15, 0.2) is 6.08 Å². The van der Waals surface area contributed by atoms with Crippen LogP contribution in [0.1, 0.15) is 48.6 Å². The normalized spacial score (nSPS) is 16.9. The lowest BCUT2D eigenvalue weighted by Crippen LogP contribution is -2.09. The van der Waals surface area contributed by atoms with Gasteiger partial charge in [-0.05, 0) is 79.0 Å². The Hall–Kier alpha value is -1.08. The number of benzene rings is 1. The third kappa shape index (κ3) is 2.62. The zero-order chi connectivity index (χ0) is 14.4. The zero-order valence-electron chi connectivity index (χ0n) is 12.4. The maximum Gasteiger partial charge on any atom is 0.152 e. The molecule has 0 amide bonds. The number of ketones is 1. The van der Waals surface area contributed by atoms with E-state index in [4.69, 9.17) is 11.6 Å². The topological polar surface area (TPSA) is 17.1 Å². The second kappa shape index (κ2) is 4.79. The summed E-state index contributed by atoms with van der Waals surface area (Å²) in [5.74, 6) is 0.0500. The van der Waals surface area contributed by atoms with E-state index in [-0.39, 0.29) is 5.78 Å². The fourth-order valence-corrected chi connectivity index (χ4v) is 3.33. The second-order valence-electron chi connectivity index (χ2n) is 6.40. The maximum atomic E-state index is 11.1. The predicted octanol–water partition coefficient (Wildman–Crippen LogP) is 4.68. The highest BCUT2D eigenvalue weighted by Crippen LogP contribution is 2.43. The Morgan fingerprint density at radius 2 is 1.68 bits per heavy atom. The molecule has 0 heterocycles. The van der Waals surface area contributed by atoms with Crippen LogP contribution < -0.4 is 0 Å². The van der Waals surface area contributed by atoms with Gasteiger partial charge in [0.1, 0.15) is 0 Å². The van der Waals surface area contributed by atoms with Crippen molar-refractivity contribution in [2.75, 3.05) is 0 Å². The van der Waals surface area contributed by atoms with Crippen molar-refractivity contribution in [3.63, 3.8) is 0 Å². The first kappa shape index (κ1) is 14.3. The minimum atomic E-state index is 0.0500. The molecule has 1 nitrogen and oxygen atoms in total. The second-order valence-corrected chi connectivity index (χ2v) is 6.77. The van der Waals surface area contributed by atoms with E-state index in [9.17, 15) is 4.79 Å². The summed E-state index contributed by atoms with van der Waals surface area (Å²) in [4.78, 5) is 11.1. The average molecular weight is 277 g/mol. The van der Waals surface area contributed by atoms with Crippen LogP contribution in [0, 0.1) is 19.3 Å². The summed E-state index contributed by atoms with van der Waals surface area (Å²) < 4.78 is 0. The molecule has 102 valence electrons. The molecule has 0 saturated carbocycles. The molecular formula is C17H21ClO. The Labute approximate surface area is 120 Å². The number of halogens is 1. The van der Waals surface area contributed by atoms with Crippen LogP contribution >= 0.6 is 11.6 Å². The molecule has 0 fully saturated rings. The number of fused-ring (bicyclic) bond motifs is 1. The van der Waals surface area contributed by atoms with E-state index in [1.807, 2.05) is 6.08 Å². The summed E-state index contributed by atoms with van der Waals surface area (Å²) >= 11 is 6.50. The van der Waals surface area contributed by atoms with E-state index in [0.717, 1.165) is 23.4 Å². The molecule has 0 saturated heterocycles. The van der Waals surface area contributed by atoms with Crippen molar-refractivity contribution in [2.24, 2.45) is 5.41 Å². The Morgan fingerprint density at radius 1 is 1.16 bits per heavy atom. The Kier molecular flexibility index (Phi) is 3.61. The van der Waals surface area contributed by atoms with Gasteiger partial charge in [-0.2, -0.15) is 0 Å². The van der Waals surface area contributed by atoms with Crippen LogP contribution in [0.5, 0.6) is 0 Å². The van der Waals surface area contributed by atoms with Crippen molar-refractivity contribution in [3.05, 3.63) is 38.9 Å². The number of rotatable bonds is 2. The minimum Gasteiger partial charge on any atom is -0.295 e. The molecule has 0 radical (unpaired) electrons. The van der Waals surface area contributed by atoms with Crippen LogP contribution in [0.25, 0.3) is 6.08 Å². The minimum absolute atomic E-state index is 0.0500. The molecule has 2 rings (SSSR count). The molecule has 1 aliphatic carbocycles. The molecule has 0 spiro atoms. The predicted molar refractivity (Wildman–Crippen MR) is 81.8 cm³/mol. The Bertz CT molecular complexity index is 580. The van der Waals surface area contributed by atoms with Crippen molar-refractivity contribution in [1.29, 1.82) is 0 Å². The lowest BCUT2D eigenvalue weighted by atomic mass is 9.90. The van der Waals surface area contributed by atoms with Gasteiger partial charge < -0.3 is 0 Å². The number of carbonyl (C=O) groups excluding carboxylic acids is 1. The number of allylic oxidation sites excluding steroid dienone is 1. The summed E-state index contributed by atoms with van der Waals surface area (Å²) in [5.41, 5.74) is 6.56. The van der Waals surface area contributed by atoms with Gasteiger partial charge in [0.15, 0.2) is 5.78 Å². The molecule has 0 N–H and O–H groups in total. The van der Waals surface area contributed by atoms with Crippen LogP contribution in [0.2, 0.25) is 5.02 Å². The lowest BCUT2D eigenvalue weighted by Gasteiger charge is -2.15. The van der Waals surface area contributed by atoms with Gasteiger partial charge in [-0.3, -0.25) is 4.79 Å². The molecule has 19 heavy (non-hydrogen) atoms. The molecular weight excluding hydrogens is 256 g/mol. The summed E-state index contributed by atoms with van der Waals surface area (Å²) in [6, 6.07) is 0. The van der Waals surface area contributed by atoms with E-state index in [2.05, 4.69) is 27.7 Å². The molecule has 1 aromatic rings. The van der Waals surface area contributed by atoms with E-state index in [1.54, 1.807) is 13.0 Å². The fraction of sp³-hybridized carbons (Fsp3) is 0.471. The van der Waals surface area contributed by atoms with Crippen LogP contribution in [-0.4, -0.2) is 5.78 Å². The molecule has 1 aromatic carbocycles. The average Bonchev–Trinajstić information content (AvgIpc) is 2.62. The maximum absolute atomic E-state index is 11.1. The molecule has 0 aliphatic heterocycles. The van der Waals surface area contributed by atoms with Crippen molar-refractivity contribution in [2.45, 2.75) is 47.5 Å². The van der Waals surface area contributed by atoms with Crippen LogP contribution in [0.4, 0.5) is 0 Å². The molecule has 1 aliphatic rings. The quantitative estimate of drug-likeness (QED) is 0.717. The third-order valence-electron chi connectivity index (χ3n) is 4.03. The van der Waals surface area contributed by atoms with Crippen LogP contribution in [-0.2, 0) is 17.6 Å².